The van der Waals surface area contributed by atoms with Crippen LogP contribution in [0.3, 0.4) is 0 Å². The van der Waals surface area contributed by atoms with E-state index >= 15 is 0 Å². The quantitative estimate of drug-likeness (QED) is 0.711. The Hall–Kier alpha value is -1.59. The molecule has 1 atom stereocenters. The lowest BCUT2D eigenvalue weighted by Crippen LogP contribution is -2.45. The van der Waals surface area contributed by atoms with Crippen molar-refractivity contribution in [1.29, 1.82) is 0 Å². The molecule has 0 bridgehead atoms. The van der Waals surface area contributed by atoms with Crippen molar-refractivity contribution in [2.45, 2.75) is 58.2 Å². The number of amides is 1. The summed E-state index contributed by atoms with van der Waals surface area (Å²) in [6.45, 7) is 9.23. The highest BCUT2D eigenvalue weighted by Crippen LogP contribution is 2.26. The normalized spacial score (nSPS) is 19.4. The van der Waals surface area contributed by atoms with Gasteiger partial charge in [0.2, 0.25) is 5.91 Å². The van der Waals surface area contributed by atoms with Gasteiger partial charge in [0.25, 0.3) is 0 Å². The lowest BCUT2D eigenvalue weighted by atomic mass is 9.93. The summed E-state index contributed by atoms with van der Waals surface area (Å²) in [7, 11) is 3.85. The Morgan fingerprint density at radius 1 is 1.27 bits per heavy atom. The molecule has 1 aliphatic rings. The monoisotopic (exact) mass is 362 g/mol. The SMILES string of the molecule is COc1ccc(CN(CCCN(C)C2CCOC(C)(C)C2)C(C)=O)cc1. The maximum absolute atomic E-state index is 12.0. The highest BCUT2D eigenvalue weighted by Gasteiger charge is 2.30. The van der Waals surface area contributed by atoms with Crippen LogP contribution in [0.5, 0.6) is 5.75 Å². The van der Waals surface area contributed by atoms with Gasteiger partial charge in [-0.2, -0.15) is 0 Å². The summed E-state index contributed by atoms with van der Waals surface area (Å²) in [5, 5.41) is 0. The van der Waals surface area contributed by atoms with Gasteiger partial charge in [0.15, 0.2) is 0 Å². The van der Waals surface area contributed by atoms with Crippen molar-refractivity contribution in [3.05, 3.63) is 29.8 Å². The van der Waals surface area contributed by atoms with Crippen LogP contribution in [-0.2, 0) is 16.1 Å². The number of methoxy groups -OCH3 is 1. The van der Waals surface area contributed by atoms with Gasteiger partial charge in [-0.15, -0.1) is 0 Å². The zero-order valence-electron chi connectivity index (χ0n) is 17.0. The predicted molar refractivity (Wildman–Crippen MR) is 104 cm³/mol. The maximum atomic E-state index is 12.0. The van der Waals surface area contributed by atoms with Crippen LogP contribution in [0, 0.1) is 0 Å². The molecule has 0 radical (unpaired) electrons. The molecule has 0 saturated carbocycles. The van der Waals surface area contributed by atoms with Crippen molar-refractivity contribution in [3.8, 4) is 5.75 Å². The van der Waals surface area contributed by atoms with Crippen molar-refractivity contribution >= 4 is 5.91 Å². The van der Waals surface area contributed by atoms with E-state index in [0.29, 0.717) is 12.6 Å². The Morgan fingerprint density at radius 3 is 2.54 bits per heavy atom. The molecule has 0 spiro atoms. The second-order valence-electron chi connectivity index (χ2n) is 7.88. The van der Waals surface area contributed by atoms with E-state index in [4.69, 9.17) is 9.47 Å². The summed E-state index contributed by atoms with van der Waals surface area (Å²) < 4.78 is 11.0. The predicted octanol–water partition coefficient (Wildman–Crippen LogP) is 3.32. The summed E-state index contributed by atoms with van der Waals surface area (Å²) in [6, 6.07) is 8.48. The van der Waals surface area contributed by atoms with E-state index in [9.17, 15) is 4.79 Å². The second kappa shape index (κ2) is 9.38. The van der Waals surface area contributed by atoms with E-state index in [2.05, 4.69) is 25.8 Å². The summed E-state index contributed by atoms with van der Waals surface area (Å²) in [5.74, 6) is 0.958. The summed E-state index contributed by atoms with van der Waals surface area (Å²) in [6.07, 6.45) is 3.12. The molecule has 1 aromatic carbocycles. The summed E-state index contributed by atoms with van der Waals surface area (Å²) >= 11 is 0. The number of carbonyl (C=O) groups excluding carboxylic acids is 1. The third-order valence-electron chi connectivity index (χ3n) is 5.21. The first-order chi connectivity index (χ1) is 12.3. The Balaban J connectivity index is 1.81. The largest absolute Gasteiger partial charge is 0.497 e. The number of nitrogens with zero attached hydrogens (tertiary/aromatic N) is 2. The Morgan fingerprint density at radius 2 is 1.96 bits per heavy atom. The van der Waals surface area contributed by atoms with Gasteiger partial charge in [-0.1, -0.05) is 12.1 Å². The van der Waals surface area contributed by atoms with Gasteiger partial charge >= 0.3 is 0 Å². The highest BCUT2D eigenvalue weighted by molar-refractivity contribution is 5.73. The van der Waals surface area contributed by atoms with Crippen molar-refractivity contribution in [2.75, 3.05) is 33.9 Å². The number of hydrogen-bond acceptors (Lipinski definition) is 4. The molecule has 1 saturated heterocycles. The summed E-state index contributed by atoms with van der Waals surface area (Å²) in [4.78, 5) is 16.4. The van der Waals surface area contributed by atoms with Gasteiger partial charge in [0, 0.05) is 32.7 Å². The molecule has 0 N–H and O–H groups in total. The van der Waals surface area contributed by atoms with E-state index in [-0.39, 0.29) is 11.5 Å². The molecule has 5 nitrogen and oxygen atoms in total. The van der Waals surface area contributed by atoms with Crippen LogP contribution >= 0.6 is 0 Å². The number of benzene rings is 1. The third kappa shape index (κ3) is 6.29. The van der Waals surface area contributed by atoms with Crippen LogP contribution in [0.25, 0.3) is 0 Å². The van der Waals surface area contributed by atoms with E-state index in [1.807, 2.05) is 29.2 Å². The number of hydrogen-bond donors (Lipinski definition) is 0. The average molecular weight is 363 g/mol. The molecular weight excluding hydrogens is 328 g/mol. The van der Waals surface area contributed by atoms with Crippen molar-refractivity contribution in [3.63, 3.8) is 0 Å². The van der Waals surface area contributed by atoms with Crippen LogP contribution in [0.1, 0.15) is 45.6 Å². The number of ether oxygens (including phenoxy) is 2. The molecule has 1 amide bonds. The Labute approximate surface area is 158 Å². The average Bonchev–Trinajstić information content (AvgIpc) is 2.60. The first-order valence-electron chi connectivity index (χ1n) is 9.53. The van der Waals surface area contributed by atoms with Crippen LogP contribution in [0.15, 0.2) is 24.3 Å². The van der Waals surface area contributed by atoms with Gasteiger partial charge in [-0.25, -0.2) is 0 Å². The smallest absolute Gasteiger partial charge is 0.219 e. The zero-order chi connectivity index (χ0) is 19.2. The van der Waals surface area contributed by atoms with Gasteiger partial charge in [0.05, 0.1) is 12.7 Å². The number of rotatable bonds is 8. The van der Waals surface area contributed by atoms with Crippen molar-refractivity contribution < 1.29 is 14.3 Å². The fourth-order valence-corrected chi connectivity index (χ4v) is 3.57. The first kappa shape index (κ1) is 20.7. The maximum Gasteiger partial charge on any atom is 0.219 e. The molecular formula is C21H34N2O3. The topological polar surface area (TPSA) is 42.0 Å². The molecule has 0 aliphatic carbocycles. The highest BCUT2D eigenvalue weighted by atomic mass is 16.5. The molecule has 26 heavy (non-hydrogen) atoms. The lowest BCUT2D eigenvalue weighted by Gasteiger charge is -2.40. The lowest BCUT2D eigenvalue weighted by molar-refractivity contribution is -0.129. The molecule has 0 aromatic heterocycles. The van der Waals surface area contributed by atoms with Crippen LogP contribution < -0.4 is 4.74 Å². The van der Waals surface area contributed by atoms with Crippen LogP contribution in [0.2, 0.25) is 0 Å². The van der Waals surface area contributed by atoms with E-state index in [1.54, 1.807) is 14.0 Å². The fraction of sp³-hybridized carbons (Fsp3) is 0.667. The fourth-order valence-electron chi connectivity index (χ4n) is 3.57. The van der Waals surface area contributed by atoms with Crippen molar-refractivity contribution in [1.82, 2.24) is 9.80 Å². The molecule has 1 fully saturated rings. The van der Waals surface area contributed by atoms with Gasteiger partial charge in [0.1, 0.15) is 5.75 Å². The van der Waals surface area contributed by atoms with Gasteiger partial charge in [-0.3, -0.25) is 4.79 Å². The molecule has 2 rings (SSSR count). The Kier molecular flexibility index (Phi) is 7.47. The van der Waals surface area contributed by atoms with Crippen LogP contribution in [0.4, 0.5) is 0 Å². The molecule has 1 aliphatic heterocycles. The molecule has 1 unspecified atom stereocenters. The second-order valence-corrected chi connectivity index (χ2v) is 7.88. The van der Waals surface area contributed by atoms with Crippen molar-refractivity contribution in [2.24, 2.45) is 0 Å². The zero-order valence-corrected chi connectivity index (χ0v) is 17.0. The van der Waals surface area contributed by atoms with E-state index in [0.717, 1.165) is 50.3 Å². The molecule has 5 heteroatoms. The van der Waals surface area contributed by atoms with E-state index < -0.39 is 0 Å². The minimum absolute atomic E-state index is 0.0308. The first-order valence-corrected chi connectivity index (χ1v) is 9.53. The summed E-state index contributed by atoms with van der Waals surface area (Å²) in [5.41, 5.74) is 1.09. The Bertz CT molecular complexity index is 571. The third-order valence-corrected chi connectivity index (χ3v) is 5.21. The van der Waals surface area contributed by atoms with E-state index in [1.165, 1.54) is 0 Å². The molecule has 1 heterocycles. The number of carbonyl (C=O) groups is 1. The minimum Gasteiger partial charge on any atom is -0.497 e. The standard InChI is InChI=1S/C21H34N2O3/c1-17(24)23(16-18-7-9-20(25-5)10-8-18)13-6-12-22(4)19-11-14-26-21(2,3)15-19/h7-10,19H,6,11-16H2,1-5H3. The van der Waals surface area contributed by atoms with Gasteiger partial charge < -0.3 is 19.3 Å². The van der Waals surface area contributed by atoms with Gasteiger partial charge in [-0.05, 0) is 64.4 Å². The van der Waals surface area contributed by atoms with Crippen LogP contribution in [-0.4, -0.2) is 61.2 Å². The molecule has 1 aromatic rings. The molecule has 146 valence electrons. The minimum atomic E-state index is -0.0308.